The number of nitrogens with two attached hydrogens (primary N) is 1. The second kappa shape index (κ2) is 9.20. The zero-order valence-corrected chi connectivity index (χ0v) is 16.6. The van der Waals surface area contributed by atoms with Gasteiger partial charge in [0.25, 0.3) is 0 Å². The largest absolute Gasteiger partial charge is 0.496 e. The molecule has 1 aliphatic heterocycles. The molecule has 3 N–H and O–H groups in total. The van der Waals surface area contributed by atoms with Gasteiger partial charge in [0.15, 0.2) is 6.10 Å². The summed E-state index contributed by atoms with van der Waals surface area (Å²) < 4.78 is 11.7. The number of nitrogens with one attached hydrogen (secondary N) is 1. The third-order valence-electron chi connectivity index (χ3n) is 5.62. The van der Waals surface area contributed by atoms with E-state index in [1.54, 1.807) is 12.0 Å². The molecular formula is C24H30N2O2+2. The summed E-state index contributed by atoms with van der Waals surface area (Å²) in [6.07, 6.45) is 0.299. The monoisotopic (exact) mass is 378 g/mol. The minimum atomic E-state index is 0.299. The van der Waals surface area contributed by atoms with Crippen molar-refractivity contribution in [3.63, 3.8) is 0 Å². The topological polar surface area (TPSA) is 39.5 Å². The van der Waals surface area contributed by atoms with E-state index in [1.165, 1.54) is 21.9 Å². The summed E-state index contributed by atoms with van der Waals surface area (Å²) in [5.41, 5.74) is 2.67. The highest BCUT2D eigenvalue weighted by molar-refractivity contribution is 5.87. The van der Waals surface area contributed by atoms with Crippen molar-refractivity contribution in [2.45, 2.75) is 19.2 Å². The van der Waals surface area contributed by atoms with Crippen molar-refractivity contribution >= 4 is 10.8 Å². The lowest BCUT2D eigenvalue weighted by Gasteiger charge is -2.29. The fraction of sp³-hybridized carbons (Fsp3) is 0.333. The van der Waals surface area contributed by atoms with E-state index in [0.29, 0.717) is 6.10 Å². The van der Waals surface area contributed by atoms with Gasteiger partial charge in [0.1, 0.15) is 38.5 Å². The van der Waals surface area contributed by atoms with Crippen molar-refractivity contribution in [2.24, 2.45) is 0 Å². The maximum atomic E-state index is 6.04. The number of fused-ring (bicyclic) bond motifs is 1. The van der Waals surface area contributed by atoms with Crippen LogP contribution in [0.3, 0.4) is 0 Å². The van der Waals surface area contributed by atoms with E-state index in [-0.39, 0.29) is 0 Å². The number of hydrogen-bond acceptors (Lipinski definition) is 2. The molecule has 0 aliphatic carbocycles. The van der Waals surface area contributed by atoms with Crippen LogP contribution in [0.25, 0.3) is 10.8 Å². The zero-order valence-electron chi connectivity index (χ0n) is 16.6. The molecule has 0 amide bonds. The summed E-state index contributed by atoms with van der Waals surface area (Å²) in [4.78, 5) is 1.61. The van der Waals surface area contributed by atoms with Crippen LogP contribution in [-0.2, 0) is 17.8 Å². The van der Waals surface area contributed by atoms with Gasteiger partial charge in [-0.2, -0.15) is 0 Å². The molecule has 0 aromatic heterocycles. The molecule has 4 heteroatoms. The van der Waals surface area contributed by atoms with E-state index < -0.39 is 0 Å². The van der Waals surface area contributed by atoms with E-state index >= 15 is 0 Å². The SMILES string of the molecule is COc1ccc2ccccc2c1C[NH2+]C[C@@H]1C[NH+](Cc2ccccc2)CCO1. The Morgan fingerprint density at radius 3 is 2.71 bits per heavy atom. The van der Waals surface area contributed by atoms with Crippen molar-refractivity contribution < 1.29 is 19.7 Å². The van der Waals surface area contributed by atoms with Gasteiger partial charge in [-0.25, -0.2) is 0 Å². The Labute approximate surface area is 167 Å². The molecule has 1 heterocycles. The van der Waals surface area contributed by atoms with E-state index in [0.717, 1.165) is 45.1 Å². The molecule has 0 saturated carbocycles. The van der Waals surface area contributed by atoms with Crippen molar-refractivity contribution in [1.29, 1.82) is 0 Å². The lowest BCUT2D eigenvalue weighted by atomic mass is 10.0. The number of hydrogen-bond donors (Lipinski definition) is 2. The molecule has 0 bridgehead atoms. The lowest BCUT2D eigenvalue weighted by Crippen LogP contribution is -3.14. The molecular weight excluding hydrogens is 348 g/mol. The fourth-order valence-corrected chi connectivity index (χ4v) is 4.18. The Morgan fingerprint density at radius 2 is 1.86 bits per heavy atom. The Morgan fingerprint density at radius 1 is 1.04 bits per heavy atom. The normalized spacial score (nSPS) is 19.6. The van der Waals surface area contributed by atoms with Crippen LogP contribution in [0.5, 0.6) is 5.75 Å². The van der Waals surface area contributed by atoms with E-state index in [1.807, 2.05) is 0 Å². The molecule has 1 unspecified atom stereocenters. The third kappa shape index (κ3) is 4.53. The number of rotatable bonds is 7. The van der Waals surface area contributed by atoms with Gasteiger partial charge in [-0.1, -0.05) is 60.7 Å². The predicted octanol–water partition coefficient (Wildman–Crippen LogP) is 1.40. The van der Waals surface area contributed by atoms with Crippen LogP contribution in [0.15, 0.2) is 66.7 Å². The smallest absolute Gasteiger partial charge is 0.155 e. The van der Waals surface area contributed by atoms with Crippen LogP contribution in [-0.4, -0.2) is 39.5 Å². The summed E-state index contributed by atoms with van der Waals surface area (Å²) in [6.45, 7) is 5.96. The molecule has 0 spiro atoms. The van der Waals surface area contributed by atoms with Gasteiger partial charge in [-0.15, -0.1) is 0 Å². The standard InChI is InChI=1S/C24H28N2O2/c1-27-24-12-11-20-9-5-6-10-22(20)23(24)16-25-15-21-18-26(13-14-28-21)17-19-7-3-2-4-8-19/h2-12,21,25H,13-18H2,1H3/p+2/t21-/m1/s1. The second-order valence-electron chi connectivity index (χ2n) is 7.56. The molecule has 28 heavy (non-hydrogen) atoms. The first-order chi connectivity index (χ1) is 13.8. The van der Waals surface area contributed by atoms with Crippen LogP contribution in [0.2, 0.25) is 0 Å². The van der Waals surface area contributed by atoms with Crippen molar-refractivity contribution in [3.05, 3.63) is 77.9 Å². The number of methoxy groups -OCH3 is 1. The van der Waals surface area contributed by atoms with Gasteiger partial charge in [0.05, 0.1) is 19.3 Å². The van der Waals surface area contributed by atoms with Crippen molar-refractivity contribution in [1.82, 2.24) is 0 Å². The van der Waals surface area contributed by atoms with E-state index in [2.05, 4.69) is 72.0 Å². The molecule has 1 saturated heterocycles. The maximum absolute atomic E-state index is 6.04. The van der Waals surface area contributed by atoms with Crippen LogP contribution in [0.1, 0.15) is 11.1 Å². The van der Waals surface area contributed by atoms with Gasteiger partial charge in [-0.05, 0) is 16.8 Å². The van der Waals surface area contributed by atoms with Crippen LogP contribution in [0, 0.1) is 0 Å². The van der Waals surface area contributed by atoms with Gasteiger partial charge in [0, 0.05) is 5.56 Å². The Kier molecular flexibility index (Phi) is 6.22. The summed E-state index contributed by atoms with van der Waals surface area (Å²) in [5, 5.41) is 4.90. The van der Waals surface area contributed by atoms with Gasteiger partial charge >= 0.3 is 0 Å². The van der Waals surface area contributed by atoms with E-state index in [9.17, 15) is 0 Å². The Balaban J connectivity index is 1.35. The summed E-state index contributed by atoms with van der Waals surface area (Å²) in [6, 6.07) is 23.5. The first-order valence-corrected chi connectivity index (χ1v) is 10.2. The molecule has 3 aromatic rings. The Hall–Kier alpha value is -2.40. The highest BCUT2D eigenvalue weighted by Gasteiger charge is 2.25. The molecule has 1 fully saturated rings. The Bertz CT molecular complexity index is 898. The van der Waals surface area contributed by atoms with Crippen LogP contribution in [0.4, 0.5) is 0 Å². The number of ether oxygens (including phenoxy) is 2. The van der Waals surface area contributed by atoms with Crippen molar-refractivity contribution in [2.75, 3.05) is 33.4 Å². The molecule has 146 valence electrons. The van der Waals surface area contributed by atoms with Crippen LogP contribution < -0.4 is 15.0 Å². The highest BCUT2D eigenvalue weighted by atomic mass is 16.5. The summed E-state index contributed by atoms with van der Waals surface area (Å²) in [5.74, 6) is 0.968. The molecule has 4 rings (SSSR count). The first kappa shape index (κ1) is 18.9. The number of quaternary nitrogens is 2. The fourth-order valence-electron chi connectivity index (χ4n) is 4.18. The molecule has 3 aromatic carbocycles. The van der Waals surface area contributed by atoms with Gasteiger partial charge in [0.2, 0.25) is 0 Å². The predicted molar refractivity (Wildman–Crippen MR) is 112 cm³/mol. The maximum Gasteiger partial charge on any atom is 0.155 e. The average molecular weight is 379 g/mol. The van der Waals surface area contributed by atoms with Crippen molar-refractivity contribution in [3.8, 4) is 5.75 Å². The third-order valence-corrected chi connectivity index (χ3v) is 5.62. The van der Waals surface area contributed by atoms with Crippen LogP contribution >= 0.6 is 0 Å². The second-order valence-corrected chi connectivity index (χ2v) is 7.56. The number of morpholine rings is 1. The molecule has 2 atom stereocenters. The number of benzene rings is 3. The zero-order chi connectivity index (χ0) is 19.2. The molecule has 4 nitrogen and oxygen atoms in total. The summed E-state index contributed by atoms with van der Waals surface area (Å²) >= 11 is 0. The van der Waals surface area contributed by atoms with Gasteiger partial charge in [-0.3, -0.25) is 0 Å². The minimum Gasteiger partial charge on any atom is -0.496 e. The summed E-state index contributed by atoms with van der Waals surface area (Å²) in [7, 11) is 1.75. The van der Waals surface area contributed by atoms with Gasteiger partial charge < -0.3 is 19.7 Å². The molecule has 0 radical (unpaired) electrons. The highest BCUT2D eigenvalue weighted by Crippen LogP contribution is 2.27. The quantitative estimate of drug-likeness (QED) is 0.652. The minimum absolute atomic E-state index is 0.299. The van der Waals surface area contributed by atoms with E-state index in [4.69, 9.17) is 9.47 Å². The first-order valence-electron chi connectivity index (χ1n) is 10.2. The molecule has 1 aliphatic rings. The lowest BCUT2D eigenvalue weighted by molar-refractivity contribution is -0.927. The average Bonchev–Trinajstić information content (AvgIpc) is 2.75.